The van der Waals surface area contributed by atoms with E-state index in [0.29, 0.717) is 5.69 Å². The molecule has 0 saturated heterocycles. The zero-order valence-corrected chi connectivity index (χ0v) is 12.9. The molecule has 3 aromatic rings. The highest BCUT2D eigenvalue weighted by molar-refractivity contribution is 5.61. The van der Waals surface area contributed by atoms with Gasteiger partial charge in [-0.15, -0.1) is 9.36 Å². The van der Waals surface area contributed by atoms with Crippen LogP contribution in [-0.2, 0) is 7.05 Å². The van der Waals surface area contributed by atoms with Gasteiger partial charge in [0.2, 0.25) is 0 Å². The number of hydrogen-bond acceptors (Lipinski definition) is 1. The summed E-state index contributed by atoms with van der Waals surface area (Å²) in [6.45, 7) is 11.4. The van der Waals surface area contributed by atoms with Gasteiger partial charge in [-0.05, 0) is 19.1 Å². The molecule has 2 heterocycles. The molecule has 2 aromatic heterocycles. The summed E-state index contributed by atoms with van der Waals surface area (Å²) < 4.78 is 6.03. The van der Waals surface area contributed by atoms with E-state index in [-0.39, 0.29) is 0 Å². The molecule has 3 rings (SSSR count). The van der Waals surface area contributed by atoms with E-state index in [0.717, 1.165) is 22.8 Å². The van der Waals surface area contributed by atoms with Crippen molar-refractivity contribution in [1.82, 2.24) is 9.67 Å². The molecule has 0 bridgehead atoms. The molecule has 0 unspecified atom stereocenters. The van der Waals surface area contributed by atoms with Gasteiger partial charge < -0.3 is 0 Å². The van der Waals surface area contributed by atoms with Gasteiger partial charge in [0.25, 0.3) is 5.82 Å². The quantitative estimate of drug-likeness (QED) is 0.525. The van der Waals surface area contributed by atoms with Crippen LogP contribution in [0.1, 0.15) is 11.4 Å². The number of rotatable bonds is 2. The van der Waals surface area contributed by atoms with Gasteiger partial charge in [-0.1, -0.05) is 4.98 Å². The van der Waals surface area contributed by atoms with Crippen LogP contribution in [0.5, 0.6) is 0 Å². The summed E-state index contributed by atoms with van der Waals surface area (Å²) in [5.74, 6) is 0.885. The Morgan fingerprint density at radius 2 is 2.00 bits per heavy atom. The molecule has 0 N–H and O–H groups in total. The SMILES string of the molecule is [C-]#[N+]c1cc(-n2ccc[n+]2C)c(C)c(-[n+]2cccnc2C)c1. The van der Waals surface area contributed by atoms with Gasteiger partial charge in [-0.3, -0.25) is 0 Å². The fraction of sp³-hybridized carbons (Fsp3) is 0.176. The molecule has 0 aliphatic rings. The summed E-state index contributed by atoms with van der Waals surface area (Å²) in [6.07, 6.45) is 7.71. The Morgan fingerprint density at radius 1 is 1.18 bits per heavy atom. The normalized spacial score (nSPS) is 10.5. The summed E-state index contributed by atoms with van der Waals surface area (Å²) in [6, 6.07) is 7.69. The minimum atomic E-state index is 0.611. The van der Waals surface area contributed by atoms with Crippen LogP contribution in [-0.4, -0.2) is 9.67 Å². The maximum Gasteiger partial charge on any atom is 0.300 e. The lowest BCUT2D eigenvalue weighted by Crippen LogP contribution is -2.39. The Kier molecular flexibility index (Phi) is 3.43. The van der Waals surface area contributed by atoms with E-state index in [1.807, 2.05) is 70.8 Å². The highest BCUT2D eigenvalue weighted by Gasteiger charge is 2.18. The number of hydrogen-bond donors (Lipinski definition) is 0. The lowest BCUT2D eigenvalue weighted by molar-refractivity contribution is -0.744. The van der Waals surface area contributed by atoms with Gasteiger partial charge in [0.05, 0.1) is 12.8 Å². The molecule has 0 atom stereocenters. The van der Waals surface area contributed by atoms with Gasteiger partial charge in [-0.2, -0.15) is 0 Å². The van der Waals surface area contributed by atoms with Crippen molar-refractivity contribution in [2.24, 2.45) is 7.05 Å². The third-order valence-corrected chi connectivity index (χ3v) is 3.77. The van der Waals surface area contributed by atoms with Crippen molar-refractivity contribution in [3.05, 3.63) is 71.9 Å². The molecule has 0 spiro atoms. The highest BCUT2D eigenvalue weighted by Crippen LogP contribution is 2.25. The van der Waals surface area contributed by atoms with E-state index < -0.39 is 0 Å². The van der Waals surface area contributed by atoms with Gasteiger partial charge in [-0.25, -0.2) is 9.41 Å². The van der Waals surface area contributed by atoms with E-state index in [2.05, 4.69) is 16.8 Å². The van der Waals surface area contributed by atoms with Gasteiger partial charge in [0.15, 0.2) is 18.9 Å². The van der Waals surface area contributed by atoms with E-state index in [1.165, 1.54) is 0 Å². The van der Waals surface area contributed by atoms with E-state index in [4.69, 9.17) is 6.57 Å². The lowest BCUT2D eigenvalue weighted by atomic mass is 10.1. The number of aromatic nitrogens is 4. The molecule has 108 valence electrons. The first kappa shape index (κ1) is 14.0. The second-order valence-corrected chi connectivity index (χ2v) is 5.17. The van der Waals surface area contributed by atoms with Crippen LogP contribution in [0.3, 0.4) is 0 Å². The predicted molar refractivity (Wildman–Crippen MR) is 82.0 cm³/mol. The van der Waals surface area contributed by atoms with Gasteiger partial charge in [0, 0.05) is 24.6 Å². The van der Waals surface area contributed by atoms with Gasteiger partial charge in [0.1, 0.15) is 23.8 Å². The smallest absolute Gasteiger partial charge is 0.238 e. The molecule has 0 fully saturated rings. The molecule has 0 radical (unpaired) electrons. The third-order valence-electron chi connectivity index (χ3n) is 3.77. The summed E-state index contributed by atoms with van der Waals surface area (Å²) in [5, 5.41) is 0. The minimum absolute atomic E-state index is 0.611. The van der Waals surface area contributed by atoms with E-state index >= 15 is 0 Å². The van der Waals surface area contributed by atoms with Crippen molar-refractivity contribution in [3.63, 3.8) is 0 Å². The largest absolute Gasteiger partial charge is 0.300 e. The predicted octanol–water partition coefficient (Wildman–Crippen LogP) is 2.14. The molecule has 22 heavy (non-hydrogen) atoms. The van der Waals surface area contributed by atoms with Crippen molar-refractivity contribution in [2.45, 2.75) is 13.8 Å². The second-order valence-electron chi connectivity index (χ2n) is 5.17. The van der Waals surface area contributed by atoms with Crippen LogP contribution in [0.15, 0.2) is 49.1 Å². The van der Waals surface area contributed by atoms with Crippen molar-refractivity contribution in [1.29, 1.82) is 0 Å². The highest BCUT2D eigenvalue weighted by atomic mass is 15.4. The maximum atomic E-state index is 7.39. The molecule has 0 aliphatic heterocycles. The zero-order chi connectivity index (χ0) is 15.7. The van der Waals surface area contributed by atoms with E-state index in [1.54, 1.807) is 6.20 Å². The van der Waals surface area contributed by atoms with Crippen LogP contribution >= 0.6 is 0 Å². The molecule has 0 aliphatic carbocycles. The van der Waals surface area contributed by atoms with Crippen LogP contribution in [0.4, 0.5) is 5.69 Å². The van der Waals surface area contributed by atoms with Crippen LogP contribution in [0.2, 0.25) is 0 Å². The number of aryl methyl sites for hydroxylation is 2. The minimum Gasteiger partial charge on any atom is -0.238 e. The number of nitrogens with zero attached hydrogens (tertiary/aromatic N) is 5. The first-order valence-electron chi connectivity index (χ1n) is 7.01. The van der Waals surface area contributed by atoms with Crippen molar-refractivity contribution < 1.29 is 9.25 Å². The second kappa shape index (κ2) is 5.41. The van der Waals surface area contributed by atoms with Crippen molar-refractivity contribution in [3.8, 4) is 11.4 Å². The Bertz CT molecular complexity index is 886. The fourth-order valence-corrected chi connectivity index (χ4v) is 2.59. The first-order chi connectivity index (χ1) is 10.6. The molecule has 5 heteroatoms. The Labute approximate surface area is 129 Å². The average Bonchev–Trinajstić information content (AvgIpc) is 2.94. The van der Waals surface area contributed by atoms with Crippen molar-refractivity contribution in [2.75, 3.05) is 0 Å². The van der Waals surface area contributed by atoms with Crippen LogP contribution in [0.25, 0.3) is 16.2 Å². The summed E-state index contributed by atoms with van der Waals surface area (Å²) in [7, 11) is 1.98. The van der Waals surface area contributed by atoms with Crippen LogP contribution in [0, 0.1) is 20.4 Å². The third kappa shape index (κ3) is 2.25. The Hall–Kier alpha value is -3.00. The average molecular weight is 291 g/mol. The standard InChI is InChI=1S/C17H17N5/c1-13-16(21-9-5-7-19-14(21)2)11-15(18-3)12-17(13)22-10-6-8-20(22)4/h5-12H,1-2,4H3/q+2. The van der Waals surface area contributed by atoms with Crippen LogP contribution < -0.4 is 9.25 Å². The monoisotopic (exact) mass is 291 g/mol. The molecular formula is C17H17N5+2. The maximum absolute atomic E-state index is 7.39. The number of benzene rings is 1. The Balaban J connectivity index is 2.31. The Morgan fingerprint density at radius 3 is 2.64 bits per heavy atom. The van der Waals surface area contributed by atoms with E-state index in [9.17, 15) is 0 Å². The summed E-state index contributed by atoms with van der Waals surface area (Å²) in [4.78, 5) is 7.96. The summed E-state index contributed by atoms with van der Waals surface area (Å²) >= 11 is 0. The topological polar surface area (TPSA) is 29.9 Å². The van der Waals surface area contributed by atoms with Crippen molar-refractivity contribution >= 4 is 5.69 Å². The zero-order valence-electron chi connectivity index (χ0n) is 12.9. The molecule has 1 aromatic carbocycles. The first-order valence-corrected chi connectivity index (χ1v) is 7.01. The lowest BCUT2D eigenvalue weighted by Gasteiger charge is -2.11. The fourth-order valence-electron chi connectivity index (χ4n) is 2.59. The molecule has 5 nitrogen and oxygen atoms in total. The summed E-state index contributed by atoms with van der Waals surface area (Å²) in [5.41, 5.74) is 3.68. The molecular weight excluding hydrogens is 274 g/mol. The molecule has 0 amide bonds. The molecule has 0 saturated carbocycles. The van der Waals surface area contributed by atoms with Gasteiger partial charge >= 0.3 is 0 Å².